The summed E-state index contributed by atoms with van der Waals surface area (Å²) in [5.74, 6) is -0.286. The van der Waals surface area contributed by atoms with Gasteiger partial charge < -0.3 is 14.4 Å². The molecular formula is C18H27FN2O3. The number of ether oxygens (including phenoxy) is 2. The van der Waals surface area contributed by atoms with E-state index < -0.39 is 0 Å². The molecule has 1 atom stereocenters. The van der Waals surface area contributed by atoms with Crippen LogP contribution in [-0.2, 0) is 20.8 Å². The van der Waals surface area contributed by atoms with E-state index in [0.717, 1.165) is 25.2 Å². The Hall–Kier alpha value is -1.50. The Kier molecular flexibility index (Phi) is 6.32. The summed E-state index contributed by atoms with van der Waals surface area (Å²) >= 11 is 0. The predicted octanol–water partition coefficient (Wildman–Crippen LogP) is 1.91. The molecule has 1 saturated heterocycles. The average molecular weight is 338 g/mol. The third-order valence-corrected chi connectivity index (χ3v) is 3.90. The van der Waals surface area contributed by atoms with E-state index in [0.29, 0.717) is 6.61 Å². The Morgan fingerprint density at radius 3 is 2.67 bits per heavy atom. The lowest BCUT2D eigenvalue weighted by Crippen LogP contribution is -2.53. The highest BCUT2D eigenvalue weighted by atomic mass is 19.1. The van der Waals surface area contributed by atoms with Crippen molar-refractivity contribution in [3.8, 4) is 0 Å². The summed E-state index contributed by atoms with van der Waals surface area (Å²) in [5.41, 5.74) is 0.772. The van der Waals surface area contributed by atoms with Crippen molar-refractivity contribution < 1.29 is 18.7 Å². The Morgan fingerprint density at radius 2 is 2.04 bits per heavy atom. The summed E-state index contributed by atoms with van der Waals surface area (Å²) in [6.07, 6.45) is -0.0934. The molecule has 134 valence electrons. The van der Waals surface area contributed by atoms with Gasteiger partial charge >= 0.3 is 0 Å². The third-order valence-electron chi connectivity index (χ3n) is 3.90. The van der Waals surface area contributed by atoms with Gasteiger partial charge in [0.05, 0.1) is 18.3 Å². The standard InChI is InChI=1S/C18H27FN2O3/c1-18(2)13-21(9-14-5-7-15(19)8-6-14)10-16(24-18)11-23-12-17(22)20(3)4/h5-8,16H,9-13H2,1-4H3/t16-/m1/s1. The van der Waals surface area contributed by atoms with Crippen molar-refractivity contribution in [1.29, 1.82) is 0 Å². The fourth-order valence-electron chi connectivity index (χ4n) is 2.88. The van der Waals surface area contributed by atoms with Gasteiger partial charge in [-0.1, -0.05) is 12.1 Å². The SMILES string of the molecule is CN(C)C(=O)COC[C@H]1CN(Cc2ccc(F)cc2)CC(C)(C)O1. The van der Waals surface area contributed by atoms with Crippen molar-refractivity contribution in [3.63, 3.8) is 0 Å². The van der Waals surface area contributed by atoms with Gasteiger partial charge in [-0.15, -0.1) is 0 Å². The van der Waals surface area contributed by atoms with Crippen LogP contribution in [0.1, 0.15) is 19.4 Å². The number of likely N-dealkylation sites (N-methyl/N-ethyl adjacent to an activating group) is 1. The zero-order chi connectivity index (χ0) is 17.7. The molecule has 1 heterocycles. The number of halogens is 1. The van der Waals surface area contributed by atoms with Gasteiger partial charge in [0.25, 0.3) is 0 Å². The molecule has 5 nitrogen and oxygen atoms in total. The highest BCUT2D eigenvalue weighted by molar-refractivity contribution is 5.76. The summed E-state index contributed by atoms with van der Waals surface area (Å²) in [6.45, 7) is 6.77. The maximum absolute atomic E-state index is 13.0. The molecule has 0 N–H and O–H groups in total. The number of rotatable bonds is 6. The normalized spacial score (nSPS) is 20.8. The minimum Gasteiger partial charge on any atom is -0.369 e. The number of carbonyl (C=O) groups is 1. The van der Waals surface area contributed by atoms with E-state index in [-0.39, 0.29) is 30.0 Å². The van der Waals surface area contributed by atoms with E-state index in [9.17, 15) is 9.18 Å². The third kappa shape index (κ3) is 5.85. The molecule has 1 aromatic rings. The van der Waals surface area contributed by atoms with Gasteiger partial charge in [-0.3, -0.25) is 9.69 Å². The van der Waals surface area contributed by atoms with E-state index in [1.807, 2.05) is 13.8 Å². The number of hydrogen-bond donors (Lipinski definition) is 0. The molecule has 1 amide bonds. The van der Waals surface area contributed by atoms with Gasteiger partial charge in [-0.2, -0.15) is 0 Å². The quantitative estimate of drug-likeness (QED) is 0.795. The molecule has 1 fully saturated rings. The van der Waals surface area contributed by atoms with Crippen molar-refractivity contribution in [2.75, 3.05) is 40.4 Å². The molecule has 6 heteroatoms. The minimum absolute atomic E-state index is 0.0608. The molecule has 0 saturated carbocycles. The smallest absolute Gasteiger partial charge is 0.248 e. The number of amides is 1. The lowest BCUT2D eigenvalue weighted by molar-refractivity contribution is -0.161. The molecule has 0 bridgehead atoms. The Balaban J connectivity index is 1.89. The number of hydrogen-bond acceptors (Lipinski definition) is 4. The van der Waals surface area contributed by atoms with E-state index in [1.54, 1.807) is 26.2 Å². The van der Waals surface area contributed by atoms with Gasteiger partial charge in [-0.25, -0.2) is 4.39 Å². The summed E-state index contributed by atoms with van der Waals surface area (Å²) in [7, 11) is 3.41. The zero-order valence-electron chi connectivity index (χ0n) is 14.9. The van der Waals surface area contributed by atoms with Crippen molar-refractivity contribution >= 4 is 5.91 Å². The molecule has 24 heavy (non-hydrogen) atoms. The van der Waals surface area contributed by atoms with Crippen LogP contribution in [0.3, 0.4) is 0 Å². The second kappa shape index (κ2) is 8.05. The lowest BCUT2D eigenvalue weighted by Gasteiger charge is -2.42. The Morgan fingerprint density at radius 1 is 1.38 bits per heavy atom. The van der Waals surface area contributed by atoms with E-state index in [4.69, 9.17) is 9.47 Å². The van der Waals surface area contributed by atoms with Crippen LogP contribution in [-0.4, -0.2) is 67.8 Å². The molecule has 0 unspecified atom stereocenters. The topological polar surface area (TPSA) is 42.0 Å². The van der Waals surface area contributed by atoms with Crippen LogP contribution in [0.25, 0.3) is 0 Å². The van der Waals surface area contributed by atoms with Crippen molar-refractivity contribution in [2.24, 2.45) is 0 Å². The number of nitrogens with zero attached hydrogens (tertiary/aromatic N) is 2. The summed E-state index contributed by atoms with van der Waals surface area (Å²) < 4.78 is 24.6. The molecule has 2 rings (SSSR count). The summed E-state index contributed by atoms with van der Waals surface area (Å²) in [6, 6.07) is 6.57. The molecule has 0 spiro atoms. The Bertz CT molecular complexity index is 546. The van der Waals surface area contributed by atoms with Crippen LogP contribution in [0.2, 0.25) is 0 Å². The van der Waals surface area contributed by atoms with Gasteiger partial charge in [-0.05, 0) is 31.5 Å². The van der Waals surface area contributed by atoms with Gasteiger partial charge in [0.15, 0.2) is 0 Å². The van der Waals surface area contributed by atoms with Gasteiger partial charge in [0, 0.05) is 33.7 Å². The monoisotopic (exact) mass is 338 g/mol. The Labute approximate surface area is 143 Å². The van der Waals surface area contributed by atoms with E-state index in [2.05, 4.69) is 4.90 Å². The number of carbonyl (C=O) groups excluding carboxylic acids is 1. The van der Waals surface area contributed by atoms with Crippen LogP contribution < -0.4 is 0 Å². The van der Waals surface area contributed by atoms with Crippen molar-refractivity contribution in [2.45, 2.75) is 32.1 Å². The van der Waals surface area contributed by atoms with Gasteiger partial charge in [0.2, 0.25) is 5.91 Å². The predicted molar refractivity (Wildman–Crippen MR) is 90.1 cm³/mol. The van der Waals surface area contributed by atoms with Crippen LogP contribution in [0.4, 0.5) is 4.39 Å². The zero-order valence-corrected chi connectivity index (χ0v) is 14.9. The second-order valence-electron chi connectivity index (χ2n) is 7.10. The number of morpholine rings is 1. The molecule has 0 aliphatic carbocycles. The molecular weight excluding hydrogens is 311 g/mol. The largest absolute Gasteiger partial charge is 0.369 e. The highest BCUT2D eigenvalue weighted by Gasteiger charge is 2.33. The minimum atomic E-state index is -0.294. The first-order valence-electron chi connectivity index (χ1n) is 8.18. The molecule has 1 aliphatic heterocycles. The van der Waals surface area contributed by atoms with Crippen LogP contribution in [0.15, 0.2) is 24.3 Å². The number of benzene rings is 1. The maximum Gasteiger partial charge on any atom is 0.248 e. The van der Waals surface area contributed by atoms with Crippen molar-refractivity contribution in [3.05, 3.63) is 35.6 Å². The first-order chi connectivity index (χ1) is 11.2. The molecule has 0 aromatic heterocycles. The second-order valence-corrected chi connectivity index (χ2v) is 7.10. The summed E-state index contributed by atoms with van der Waals surface area (Å²) in [5, 5.41) is 0. The van der Waals surface area contributed by atoms with E-state index >= 15 is 0 Å². The molecule has 1 aromatic carbocycles. The maximum atomic E-state index is 13.0. The fraction of sp³-hybridized carbons (Fsp3) is 0.611. The first kappa shape index (κ1) is 18.8. The summed E-state index contributed by atoms with van der Waals surface area (Å²) in [4.78, 5) is 15.3. The molecule has 1 aliphatic rings. The molecule has 0 radical (unpaired) electrons. The van der Waals surface area contributed by atoms with Crippen LogP contribution >= 0.6 is 0 Å². The van der Waals surface area contributed by atoms with Crippen LogP contribution in [0, 0.1) is 5.82 Å². The fourth-order valence-corrected chi connectivity index (χ4v) is 2.88. The van der Waals surface area contributed by atoms with Crippen molar-refractivity contribution in [1.82, 2.24) is 9.80 Å². The lowest BCUT2D eigenvalue weighted by atomic mass is 10.0. The van der Waals surface area contributed by atoms with Gasteiger partial charge in [0.1, 0.15) is 12.4 Å². The average Bonchev–Trinajstić information content (AvgIpc) is 2.48. The first-order valence-corrected chi connectivity index (χ1v) is 8.18. The van der Waals surface area contributed by atoms with Crippen LogP contribution in [0.5, 0.6) is 0 Å². The highest BCUT2D eigenvalue weighted by Crippen LogP contribution is 2.23. The van der Waals surface area contributed by atoms with E-state index in [1.165, 1.54) is 17.0 Å².